The van der Waals surface area contributed by atoms with Crippen molar-refractivity contribution in [2.45, 2.75) is 12.8 Å². The number of carbonyl (C=O) groups excluding carboxylic acids is 1. The third-order valence-corrected chi connectivity index (χ3v) is 3.31. The Balaban J connectivity index is 2.10. The zero-order valence-electron chi connectivity index (χ0n) is 10.0. The van der Waals surface area contributed by atoms with Gasteiger partial charge >= 0.3 is 0 Å². The summed E-state index contributed by atoms with van der Waals surface area (Å²) < 4.78 is 26.5. The maximum absolute atomic E-state index is 13.5. The van der Waals surface area contributed by atoms with E-state index in [-0.39, 0.29) is 5.56 Å². The molecule has 0 spiro atoms. The number of amides is 1. The van der Waals surface area contributed by atoms with Gasteiger partial charge in [0.25, 0.3) is 5.91 Å². The number of nitrogens with zero attached hydrogens (tertiary/aromatic N) is 1. The van der Waals surface area contributed by atoms with Crippen molar-refractivity contribution in [3.63, 3.8) is 0 Å². The van der Waals surface area contributed by atoms with Gasteiger partial charge in [-0.05, 0) is 43.5 Å². The first kappa shape index (κ1) is 13.0. The predicted octanol–water partition coefficient (Wildman–Crippen LogP) is 1.78. The molecule has 0 bridgehead atoms. The number of hydrogen-bond donors (Lipinski definition) is 1. The highest BCUT2D eigenvalue weighted by Gasteiger charge is 2.27. The number of halogens is 2. The van der Waals surface area contributed by atoms with E-state index in [9.17, 15) is 13.6 Å². The zero-order valence-corrected chi connectivity index (χ0v) is 10.0. The molecule has 1 fully saturated rings. The van der Waals surface area contributed by atoms with Crippen molar-refractivity contribution >= 4 is 5.91 Å². The number of rotatable bonds is 3. The Hall–Kier alpha value is -1.49. The Morgan fingerprint density at radius 3 is 2.94 bits per heavy atom. The molecule has 1 aliphatic heterocycles. The molecule has 1 amide bonds. The average molecular weight is 254 g/mol. The Kier molecular flexibility index (Phi) is 3.91. The summed E-state index contributed by atoms with van der Waals surface area (Å²) in [7, 11) is 0. The van der Waals surface area contributed by atoms with Crippen LogP contribution < -0.4 is 5.73 Å². The molecule has 0 aromatic heterocycles. The lowest BCUT2D eigenvalue weighted by Crippen LogP contribution is -2.29. The molecule has 1 aliphatic rings. The van der Waals surface area contributed by atoms with Gasteiger partial charge in [0, 0.05) is 13.1 Å². The molecule has 0 aliphatic carbocycles. The van der Waals surface area contributed by atoms with Gasteiger partial charge in [0.05, 0.1) is 5.56 Å². The van der Waals surface area contributed by atoms with E-state index in [1.165, 1.54) is 0 Å². The highest BCUT2D eigenvalue weighted by Crippen LogP contribution is 2.22. The van der Waals surface area contributed by atoms with Gasteiger partial charge < -0.3 is 10.6 Å². The summed E-state index contributed by atoms with van der Waals surface area (Å²) in [6.45, 7) is 1.74. The fourth-order valence-electron chi connectivity index (χ4n) is 2.32. The SMILES string of the molecule is NCCC1CCN(C(=O)c2cc(F)ccc2F)C1. The smallest absolute Gasteiger partial charge is 0.256 e. The maximum Gasteiger partial charge on any atom is 0.256 e. The molecule has 1 unspecified atom stereocenters. The van der Waals surface area contributed by atoms with E-state index in [1.54, 1.807) is 4.90 Å². The normalized spacial score (nSPS) is 19.3. The summed E-state index contributed by atoms with van der Waals surface area (Å²) in [5.74, 6) is -1.34. The fourth-order valence-corrected chi connectivity index (χ4v) is 2.32. The molecule has 1 aromatic rings. The van der Waals surface area contributed by atoms with Crippen LogP contribution >= 0.6 is 0 Å². The van der Waals surface area contributed by atoms with Gasteiger partial charge in [-0.15, -0.1) is 0 Å². The summed E-state index contributed by atoms with van der Waals surface area (Å²) >= 11 is 0. The van der Waals surface area contributed by atoms with Crippen LogP contribution in [-0.4, -0.2) is 30.4 Å². The number of carbonyl (C=O) groups is 1. The minimum Gasteiger partial charge on any atom is -0.338 e. The standard InChI is InChI=1S/C13H16F2N2O/c14-10-1-2-12(15)11(7-10)13(18)17-6-4-9(8-17)3-5-16/h1-2,7,9H,3-6,8,16H2. The Morgan fingerprint density at radius 1 is 1.44 bits per heavy atom. The summed E-state index contributed by atoms with van der Waals surface area (Å²) in [5.41, 5.74) is 5.28. The molecule has 1 aromatic carbocycles. The van der Waals surface area contributed by atoms with Crippen molar-refractivity contribution in [2.75, 3.05) is 19.6 Å². The molecule has 3 nitrogen and oxygen atoms in total. The van der Waals surface area contributed by atoms with Crippen LogP contribution in [0.4, 0.5) is 8.78 Å². The molecular formula is C13H16F2N2O. The summed E-state index contributed by atoms with van der Waals surface area (Å²) in [5, 5.41) is 0. The van der Waals surface area contributed by atoms with Gasteiger partial charge in [0.15, 0.2) is 0 Å². The van der Waals surface area contributed by atoms with Gasteiger partial charge in [-0.1, -0.05) is 0 Å². The third-order valence-electron chi connectivity index (χ3n) is 3.31. The Labute approximate surface area is 105 Å². The van der Waals surface area contributed by atoms with E-state index in [4.69, 9.17) is 5.73 Å². The van der Waals surface area contributed by atoms with Crippen molar-refractivity contribution in [3.8, 4) is 0 Å². The summed E-state index contributed by atoms with van der Waals surface area (Å²) in [6, 6.07) is 2.94. The minimum atomic E-state index is -0.677. The minimum absolute atomic E-state index is 0.191. The number of hydrogen-bond acceptors (Lipinski definition) is 2. The summed E-state index contributed by atoms with van der Waals surface area (Å²) in [6.07, 6.45) is 1.73. The van der Waals surface area contributed by atoms with Crippen molar-refractivity contribution in [2.24, 2.45) is 11.7 Å². The van der Waals surface area contributed by atoms with Crippen LogP contribution in [0.3, 0.4) is 0 Å². The molecule has 1 saturated heterocycles. The van der Waals surface area contributed by atoms with Gasteiger partial charge in [-0.3, -0.25) is 4.79 Å². The maximum atomic E-state index is 13.5. The van der Waals surface area contributed by atoms with Crippen LogP contribution in [0.25, 0.3) is 0 Å². The fraction of sp³-hybridized carbons (Fsp3) is 0.462. The van der Waals surface area contributed by atoms with Crippen LogP contribution in [-0.2, 0) is 0 Å². The number of likely N-dealkylation sites (tertiary alicyclic amines) is 1. The molecule has 2 rings (SSSR count). The van der Waals surface area contributed by atoms with Crippen LogP contribution in [0, 0.1) is 17.6 Å². The van der Waals surface area contributed by atoms with Gasteiger partial charge in [0.2, 0.25) is 0 Å². The van der Waals surface area contributed by atoms with Crippen LogP contribution in [0.5, 0.6) is 0 Å². The van der Waals surface area contributed by atoms with Crippen LogP contribution in [0.15, 0.2) is 18.2 Å². The molecule has 1 atom stereocenters. The van der Waals surface area contributed by atoms with Crippen LogP contribution in [0.2, 0.25) is 0 Å². The molecule has 0 saturated carbocycles. The van der Waals surface area contributed by atoms with Gasteiger partial charge in [0.1, 0.15) is 11.6 Å². The summed E-state index contributed by atoms with van der Waals surface area (Å²) in [4.78, 5) is 13.6. The van der Waals surface area contributed by atoms with Gasteiger partial charge in [-0.2, -0.15) is 0 Å². The average Bonchev–Trinajstić information content (AvgIpc) is 2.80. The number of benzene rings is 1. The monoisotopic (exact) mass is 254 g/mol. The van der Waals surface area contributed by atoms with E-state index in [2.05, 4.69) is 0 Å². The molecule has 1 heterocycles. The lowest BCUT2D eigenvalue weighted by molar-refractivity contribution is 0.0781. The van der Waals surface area contributed by atoms with E-state index in [0.29, 0.717) is 25.6 Å². The second-order valence-electron chi connectivity index (χ2n) is 4.61. The molecule has 5 heteroatoms. The quantitative estimate of drug-likeness (QED) is 0.893. The van der Waals surface area contributed by atoms with Gasteiger partial charge in [-0.25, -0.2) is 8.78 Å². The molecule has 98 valence electrons. The van der Waals surface area contributed by atoms with Crippen LogP contribution in [0.1, 0.15) is 23.2 Å². The lowest BCUT2D eigenvalue weighted by Gasteiger charge is -2.16. The predicted molar refractivity (Wildman–Crippen MR) is 64.0 cm³/mol. The molecular weight excluding hydrogens is 238 g/mol. The highest BCUT2D eigenvalue weighted by atomic mass is 19.1. The molecule has 0 radical (unpaired) electrons. The molecule has 18 heavy (non-hydrogen) atoms. The Morgan fingerprint density at radius 2 is 2.22 bits per heavy atom. The first-order valence-electron chi connectivity index (χ1n) is 6.06. The lowest BCUT2D eigenvalue weighted by atomic mass is 10.1. The van der Waals surface area contributed by atoms with Crippen molar-refractivity contribution < 1.29 is 13.6 Å². The highest BCUT2D eigenvalue weighted by molar-refractivity contribution is 5.94. The topological polar surface area (TPSA) is 46.3 Å². The van der Waals surface area contributed by atoms with Crippen molar-refractivity contribution in [1.29, 1.82) is 0 Å². The van der Waals surface area contributed by atoms with E-state index in [0.717, 1.165) is 31.0 Å². The largest absolute Gasteiger partial charge is 0.338 e. The zero-order chi connectivity index (χ0) is 13.1. The third kappa shape index (κ3) is 2.67. The van der Waals surface area contributed by atoms with Crippen molar-refractivity contribution in [3.05, 3.63) is 35.4 Å². The number of nitrogens with two attached hydrogens (primary N) is 1. The van der Waals surface area contributed by atoms with Crippen molar-refractivity contribution in [1.82, 2.24) is 4.90 Å². The molecule has 2 N–H and O–H groups in total. The van der Waals surface area contributed by atoms with E-state index < -0.39 is 17.5 Å². The second kappa shape index (κ2) is 5.44. The first-order chi connectivity index (χ1) is 8.61. The van der Waals surface area contributed by atoms with E-state index in [1.807, 2.05) is 0 Å². The Bertz CT molecular complexity index is 451. The second-order valence-corrected chi connectivity index (χ2v) is 4.61. The van der Waals surface area contributed by atoms with E-state index >= 15 is 0 Å². The first-order valence-corrected chi connectivity index (χ1v) is 6.06.